The first-order valence-corrected chi connectivity index (χ1v) is 7.91. The number of carbonyl (C=O) groups is 1. The lowest BCUT2D eigenvalue weighted by atomic mass is 10.1. The number of hydrogen-bond acceptors (Lipinski definition) is 2. The van der Waals surface area contributed by atoms with Gasteiger partial charge in [0.25, 0.3) is 5.91 Å². The van der Waals surface area contributed by atoms with Crippen LogP contribution in [-0.4, -0.2) is 17.6 Å². The Balaban J connectivity index is 2.00. The van der Waals surface area contributed by atoms with Crippen molar-refractivity contribution in [1.29, 1.82) is 0 Å². The molecule has 3 nitrogen and oxygen atoms in total. The molecule has 2 aromatic carbocycles. The van der Waals surface area contributed by atoms with Crippen LogP contribution in [0, 0.1) is 3.57 Å². The highest BCUT2D eigenvalue weighted by molar-refractivity contribution is 14.1. The van der Waals surface area contributed by atoms with E-state index in [4.69, 9.17) is 0 Å². The molecule has 0 aliphatic carbocycles. The van der Waals surface area contributed by atoms with Gasteiger partial charge in [0.15, 0.2) is 0 Å². The lowest BCUT2D eigenvalue weighted by Gasteiger charge is -2.13. The van der Waals surface area contributed by atoms with Crippen LogP contribution in [0.15, 0.2) is 53.0 Å². The zero-order valence-electron chi connectivity index (χ0n) is 10.5. The number of rotatable bonds is 4. The minimum atomic E-state index is -0.707. The van der Waals surface area contributed by atoms with Crippen molar-refractivity contribution >= 4 is 44.4 Å². The standard InChI is InChI=1S/C15H13BrINO2/c16-13-7-6-11(17)8-12(13)15(20)18-9-14(19)10-4-2-1-3-5-10/h1-8,14,19H,9H2,(H,18,20). The van der Waals surface area contributed by atoms with Crippen LogP contribution in [0.25, 0.3) is 0 Å². The molecule has 2 rings (SSSR count). The molecule has 1 unspecified atom stereocenters. The molecule has 0 aliphatic rings. The van der Waals surface area contributed by atoms with E-state index >= 15 is 0 Å². The Labute approximate surface area is 139 Å². The molecular formula is C15H13BrINO2. The van der Waals surface area contributed by atoms with Gasteiger partial charge in [-0.15, -0.1) is 0 Å². The fourth-order valence-corrected chi connectivity index (χ4v) is 2.67. The Bertz CT molecular complexity index is 604. The number of benzene rings is 2. The second-order valence-corrected chi connectivity index (χ2v) is 6.36. The highest BCUT2D eigenvalue weighted by atomic mass is 127. The highest BCUT2D eigenvalue weighted by Gasteiger charge is 2.13. The first-order valence-electron chi connectivity index (χ1n) is 6.04. The summed E-state index contributed by atoms with van der Waals surface area (Å²) >= 11 is 5.51. The average molecular weight is 446 g/mol. The molecule has 1 atom stereocenters. The van der Waals surface area contributed by atoms with Gasteiger partial charge in [-0.2, -0.15) is 0 Å². The number of aliphatic hydroxyl groups excluding tert-OH is 1. The predicted octanol–water partition coefficient (Wildman–Crippen LogP) is 3.52. The van der Waals surface area contributed by atoms with Crippen LogP contribution in [0.5, 0.6) is 0 Å². The van der Waals surface area contributed by atoms with Crippen LogP contribution in [-0.2, 0) is 0 Å². The van der Waals surface area contributed by atoms with Crippen molar-refractivity contribution in [2.75, 3.05) is 6.54 Å². The van der Waals surface area contributed by atoms with Crippen LogP contribution in [0.3, 0.4) is 0 Å². The molecule has 2 aromatic rings. The van der Waals surface area contributed by atoms with Crippen molar-refractivity contribution in [2.24, 2.45) is 0 Å². The number of amides is 1. The van der Waals surface area contributed by atoms with Crippen molar-refractivity contribution < 1.29 is 9.90 Å². The topological polar surface area (TPSA) is 49.3 Å². The minimum Gasteiger partial charge on any atom is -0.387 e. The number of hydrogen-bond donors (Lipinski definition) is 2. The summed E-state index contributed by atoms with van der Waals surface area (Å²) in [7, 11) is 0. The van der Waals surface area contributed by atoms with Crippen molar-refractivity contribution in [1.82, 2.24) is 5.32 Å². The first kappa shape index (κ1) is 15.5. The summed E-state index contributed by atoms with van der Waals surface area (Å²) in [5, 5.41) is 12.8. The Morgan fingerprint density at radius 3 is 2.65 bits per heavy atom. The van der Waals surface area contributed by atoms with Crippen molar-refractivity contribution in [2.45, 2.75) is 6.10 Å². The molecule has 0 saturated heterocycles. The van der Waals surface area contributed by atoms with Crippen LogP contribution in [0.1, 0.15) is 22.0 Å². The van der Waals surface area contributed by atoms with Gasteiger partial charge in [0.1, 0.15) is 0 Å². The zero-order valence-corrected chi connectivity index (χ0v) is 14.3. The summed E-state index contributed by atoms with van der Waals surface area (Å²) in [6.45, 7) is 0.181. The molecule has 2 N–H and O–H groups in total. The Hall–Kier alpha value is -0.920. The maximum atomic E-state index is 12.1. The molecule has 5 heteroatoms. The monoisotopic (exact) mass is 445 g/mol. The van der Waals surface area contributed by atoms with Gasteiger partial charge in [0.05, 0.1) is 11.7 Å². The van der Waals surface area contributed by atoms with Gasteiger partial charge in [0.2, 0.25) is 0 Å². The smallest absolute Gasteiger partial charge is 0.252 e. The minimum absolute atomic E-state index is 0.181. The third kappa shape index (κ3) is 4.04. The zero-order chi connectivity index (χ0) is 14.5. The summed E-state index contributed by atoms with van der Waals surface area (Å²) < 4.78 is 1.73. The van der Waals surface area contributed by atoms with E-state index in [-0.39, 0.29) is 12.5 Å². The molecule has 0 bridgehead atoms. The largest absolute Gasteiger partial charge is 0.387 e. The number of carbonyl (C=O) groups excluding carboxylic acids is 1. The summed E-state index contributed by atoms with van der Waals surface area (Å²) in [5.41, 5.74) is 1.35. The van der Waals surface area contributed by atoms with Gasteiger partial charge < -0.3 is 10.4 Å². The molecule has 0 spiro atoms. The summed E-state index contributed by atoms with van der Waals surface area (Å²) in [6, 6.07) is 14.8. The van der Waals surface area contributed by atoms with Crippen molar-refractivity contribution in [3.63, 3.8) is 0 Å². The van der Waals surface area contributed by atoms with E-state index in [9.17, 15) is 9.90 Å². The average Bonchev–Trinajstić information content (AvgIpc) is 2.47. The van der Waals surface area contributed by atoms with E-state index < -0.39 is 6.10 Å². The lowest BCUT2D eigenvalue weighted by Crippen LogP contribution is -2.28. The highest BCUT2D eigenvalue weighted by Crippen LogP contribution is 2.19. The number of aliphatic hydroxyl groups is 1. The van der Waals surface area contributed by atoms with Gasteiger partial charge in [-0.1, -0.05) is 30.3 Å². The first-order chi connectivity index (χ1) is 9.58. The fourth-order valence-electron chi connectivity index (χ4n) is 1.75. The van der Waals surface area contributed by atoms with E-state index in [1.165, 1.54) is 0 Å². The van der Waals surface area contributed by atoms with Gasteiger partial charge in [0, 0.05) is 14.6 Å². The van der Waals surface area contributed by atoms with Gasteiger partial charge in [-0.3, -0.25) is 4.79 Å². The van der Waals surface area contributed by atoms with Crippen molar-refractivity contribution in [3.05, 3.63) is 67.7 Å². The maximum absolute atomic E-state index is 12.1. The normalized spacial score (nSPS) is 11.9. The Morgan fingerprint density at radius 2 is 1.95 bits per heavy atom. The Kier molecular flexibility index (Phi) is 5.56. The van der Waals surface area contributed by atoms with E-state index in [2.05, 4.69) is 43.8 Å². The molecule has 0 aliphatic heterocycles. The Morgan fingerprint density at radius 1 is 1.25 bits per heavy atom. The molecule has 0 heterocycles. The van der Waals surface area contributed by atoms with Crippen LogP contribution >= 0.6 is 38.5 Å². The molecule has 0 aromatic heterocycles. The summed E-state index contributed by atoms with van der Waals surface area (Å²) in [4.78, 5) is 12.1. The molecule has 0 saturated carbocycles. The van der Waals surface area contributed by atoms with E-state index in [1.54, 1.807) is 6.07 Å². The maximum Gasteiger partial charge on any atom is 0.252 e. The second-order valence-electron chi connectivity index (χ2n) is 4.26. The number of halogens is 2. The summed E-state index contributed by atoms with van der Waals surface area (Å²) in [6.07, 6.45) is -0.707. The second kappa shape index (κ2) is 7.19. The van der Waals surface area contributed by atoms with Gasteiger partial charge in [-0.05, 0) is 62.3 Å². The van der Waals surface area contributed by atoms with Gasteiger partial charge >= 0.3 is 0 Å². The van der Waals surface area contributed by atoms with E-state index in [1.807, 2.05) is 42.5 Å². The SMILES string of the molecule is O=C(NCC(O)c1ccccc1)c1cc(I)ccc1Br. The fraction of sp³-hybridized carbons (Fsp3) is 0.133. The molecule has 1 amide bonds. The van der Waals surface area contributed by atoms with Crippen LogP contribution in [0.4, 0.5) is 0 Å². The predicted molar refractivity (Wildman–Crippen MR) is 90.6 cm³/mol. The molecule has 0 radical (unpaired) electrons. The van der Waals surface area contributed by atoms with Crippen molar-refractivity contribution in [3.8, 4) is 0 Å². The molecule has 0 fully saturated rings. The lowest BCUT2D eigenvalue weighted by molar-refractivity contribution is 0.0915. The van der Waals surface area contributed by atoms with Gasteiger partial charge in [-0.25, -0.2) is 0 Å². The van der Waals surface area contributed by atoms with E-state index in [0.29, 0.717) is 5.56 Å². The molecule has 20 heavy (non-hydrogen) atoms. The third-order valence-electron chi connectivity index (χ3n) is 2.81. The molecular weight excluding hydrogens is 433 g/mol. The number of nitrogens with one attached hydrogen (secondary N) is 1. The van der Waals surface area contributed by atoms with Crippen LogP contribution in [0.2, 0.25) is 0 Å². The summed E-state index contributed by atoms with van der Waals surface area (Å²) in [5.74, 6) is -0.203. The molecule has 104 valence electrons. The quantitative estimate of drug-likeness (QED) is 0.707. The van der Waals surface area contributed by atoms with Crippen LogP contribution < -0.4 is 5.32 Å². The van der Waals surface area contributed by atoms with E-state index in [0.717, 1.165) is 13.6 Å². The third-order valence-corrected chi connectivity index (χ3v) is 4.18.